The predicted molar refractivity (Wildman–Crippen MR) is 91.7 cm³/mol. The Morgan fingerprint density at radius 2 is 2.00 bits per heavy atom. The molecule has 0 unspecified atom stereocenters. The molecular weight excluding hydrogens is 399 g/mol. The first-order valence-corrected chi connectivity index (χ1v) is 8.63. The fourth-order valence-corrected chi connectivity index (χ4v) is 3.32. The Kier molecular flexibility index (Phi) is 4.26. The number of nitrogens with one attached hydrogen (secondary N) is 1. The van der Waals surface area contributed by atoms with Crippen LogP contribution in [0.2, 0.25) is 0 Å². The average Bonchev–Trinajstić information content (AvgIpc) is 3.26. The summed E-state index contributed by atoms with van der Waals surface area (Å²) in [6, 6.07) is 5.86. The maximum Gasteiger partial charge on any atom is 0.416 e. The Morgan fingerprint density at radius 1 is 1.18 bits per heavy atom. The molecule has 0 atom stereocenters. The van der Waals surface area contributed by atoms with Gasteiger partial charge in [0.05, 0.1) is 17.0 Å². The molecule has 10 nitrogen and oxygen atoms in total. The number of hydrogen-bond donors (Lipinski definition) is 2. The fourth-order valence-electron chi connectivity index (χ4n) is 2.46. The van der Waals surface area contributed by atoms with Gasteiger partial charge in [0.1, 0.15) is 5.82 Å². The molecule has 0 radical (unpaired) electrons. The molecule has 1 aromatic carbocycles. The third-order valence-corrected chi connectivity index (χ3v) is 4.61. The molecule has 28 heavy (non-hydrogen) atoms. The van der Waals surface area contributed by atoms with E-state index < -0.39 is 17.3 Å². The lowest BCUT2D eigenvalue weighted by atomic mass is 10.2. The highest BCUT2D eigenvalue weighted by molar-refractivity contribution is 7.98. The van der Waals surface area contributed by atoms with Crippen LogP contribution < -0.4 is 11.3 Å². The normalized spacial score (nSPS) is 12.0. The highest BCUT2D eigenvalue weighted by atomic mass is 32.2. The Morgan fingerprint density at radius 3 is 2.79 bits per heavy atom. The Hall–Kier alpha value is -3.42. The van der Waals surface area contributed by atoms with Crippen LogP contribution >= 0.6 is 11.8 Å². The van der Waals surface area contributed by atoms with Gasteiger partial charge in [0.25, 0.3) is 5.56 Å². The molecule has 0 aliphatic heterocycles. The smallest absolute Gasteiger partial charge is 0.385 e. The molecule has 3 heterocycles. The summed E-state index contributed by atoms with van der Waals surface area (Å²) in [5, 5.41) is 19.3. The van der Waals surface area contributed by atoms with Gasteiger partial charge in [-0.1, -0.05) is 17.8 Å². The molecule has 0 saturated heterocycles. The van der Waals surface area contributed by atoms with E-state index in [2.05, 4.69) is 30.7 Å². The first-order chi connectivity index (χ1) is 13.3. The van der Waals surface area contributed by atoms with E-state index in [9.17, 15) is 18.0 Å². The summed E-state index contributed by atoms with van der Waals surface area (Å²) in [6.45, 7) is 0. The van der Waals surface area contributed by atoms with Crippen molar-refractivity contribution in [1.29, 1.82) is 0 Å². The lowest BCUT2D eigenvalue weighted by molar-refractivity contribution is -0.137. The van der Waals surface area contributed by atoms with Gasteiger partial charge in [0, 0.05) is 6.07 Å². The van der Waals surface area contributed by atoms with E-state index in [4.69, 9.17) is 5.73 Å². The van der Waals surface area contributed by atoms with Crippen LogP contribution in [0.25, 0.3) is 11.5 Å². The van der Waals surface area contributed by atoms with Gasteiger partial charge in [0.15, 0.2) is 11.0 Å². The van der Waals surface area contributed by atoms with Crippen molar-refractivity contribution in [2.75, 3.05) is 5.73 Å². The van der Waals surface area contributed by atoms with Crippen molar-refractivity contribution < 1.29 is 13.2 Å². The number of hydrogen-bond acceptors (Lipinski definition) is 8. The van der Waals surface area contributed by atoms with Crippen molar-refractivity contribution in [3.05, 3.63) is 52.1 Å². The van der Waals surface area contributed by atoms with E-state index in [-0.39, 0.29) is 23.0 Å². The minimum atomic E-state index is -4.48. The van der Waals surface area contributed by atoms with E-state index in [0.717, 1.165) is 23.9 Å². The SMILES string of the molecule is Nc1cc(=O)[nH]c2nnc(SCc3nnnn3-c3cccc(C(F)(F)F)c3)n12. The Balaban J connectivity index is 1.62. The monoisotopic (exact) mass is 409 g/mol. The summed E-state index contributed by atoms with van der Waals surface area (Å²) in [5.41, 5.74) is 4.78. The minimum absolute atomic E-state index is 0.142. The van der Waals surface area contributed by atoms with Crippen LogP contribution in [-0.4, -0.2) is 39.8 Å². The number of fused-ring (bicyclic) bond motifs is 1. The van der Waals surface area contributed by atoms with Gasteiger partial charge in [-0.15, -0.1) is 15.3 Å². The minimum Gasteiger partial charge on any atom is -0.385 e. The van der Waals surface area contributed by atoms with Crippen LogP contribution in [0.4, 0.5) is 19.0 Å². The van der Waals surface area contributed by atoms with Crippen molar-refractivity contribution >= 4 is 23.4 Å². The van der Waals surface area contributed by atoms with Crippen molar-refractivity contribution in [2.24, 2.45) is 0 Å². The number of nitrogen functional groups attached to an aromatic ring is 1. The van der Waals surface area contributed by atoms with Crippen LogP contribution in [0.5, 0.6) is 0 Å². The highest BCUT2D eigenvalue weighted by Crippen LogP contribution is 2.30. The third kappa shape index (κ3) is 3.28. The summed E-state index contributed by atoms with van der Waals surface area (Å²) >= 11 is 1.15. The van der Waals surface area contributed by atoms with Gasteiger partial charge >= 0.3 is 6.18 Å². The van der Waals surface area contributed by atoms with Crippen molar-refractivity contribution in [2.45, 2.75) is 17.1 Å². The summed E-state index contributed by atoms with van der Waals surface area (Å²) in [4.78, 5) is 13.9. The number of anilines is 1. The second-order valence-corrected chi connectivity index (χ2v) is 6.49. The Labute approximate surface area is 157 Å². The topological polar surface area (TPSA) is 133 Å². The number of rotatable bonds is 4. The number of benzene rings is 1. The molecule has 0 saturated carbocycles. The van der Waals surface area contributed by atoms with Gasteiger partial charge in [-0.25, -0.2) is 4.40 Å². The number of alkyl halides is 3. The maximum absolute atomic E-state index is 12.9. The summed E-state index contributed by atoms with van der Waals surface area (Å²) < 4.78 is 41.5. The van der Waals surface area contributed by atoms with Gasteiger partial charge in [-0.2, -0.15) is 17.9 Å². The van der Waals surface area contributed by atoms with Gasteiger partial charge in [0.2, 0.25) is 5.78 Å². The first kappa shape index (κ1) is 18.0. The molecule has 0 aliphatic carbocycles. The molecule has 0 fully saturated rings. The number of thioether (sulfide) groups is 1. The fraction of sp³-hybridized carbons (Fsp3) is 0.143. The van der Waals surface area contributed by atoms with Crippen LogP contribution in [0.15, 0.2) is 40.3 Å². The second kappa shape index (κ2) is 6.63. The lowest BCUT2D eigenvalue weighted by Crippen LogP contribution is -2.11. The molecule has 0 aliphatic rings. The summed E-state index contributed by atoms with van der Waals surface area (Å²) in [5.74, 6) is 0.778. The number of aromatic nitrogens is 8. The second-order valence-electron chi connectivity index (χ2n) is 5.54. The van der Waals surface area contributed by atoms with Crippen molar-refractivity contribution in [3.63, 3.8) is 0 Å². The highest BCUT2D eigenvalue weighted by Gasteiger charge is 2.30. The Bertz CT molecular complexity index is 1210. The number of tetrazole rings is 1. The number of halogens is 3. The molecule has 4 aromatic rings. The van der Waals surface area contributed by atoms with Gasteiger partial charge in [-0.3, -0.25) is 9.78 Å². The number of aromatic amines is 1. The molecule has 4 rings (SSSR count). The first-order valence-electron chi connectivity index (χ1n) is 7.64. The zero-order valence-corrected chi connectivity index (χ0v) is 14.6. The van der Waals surface area contributed by atoms with E-state index in [1.807, 2.05) is 0 Å². The van der Waals surface area contributed by atoms with E-state index in [1.54, 1.807) is 0 Å². The average molecular weight is 409 g/mol. The van der Waals surface area contributed by atoms with Gasteiger partial charge in [-0.05, 0) is 28.6 Å². The summed E-state index contributed by atoms with van der Waals surface area (Å²) in [7, 11) is 0. The molecule has 14 heteroatoms. The maximum atomic E-state index is 12.9. The molecule has 0 amide bonds. The lowest BCUT2D eigenvalue weighted by Gasteiger charge is -2.09. The molecule has 3 N–H and O–H groups in total. The standard InChI is InChI=1S/C14H10F3N9OS/c15-14(16,17)7-2-1-3-8(4-7)26-10(20-23-24-26)6-28-13-22-21-12-19-11(27)5-9(18)25(12)13/h1-5H,6,18H2,(H,19,21,27). The zero-order chi connectivity index (χ0) is 19.9. The molecule has 0 spiro atoms. The zero-order valence-electron chi connectivity index (χ0n) is 13.8. The van der Waals surface area contributed by atoms with E-state index in [0.29, 0.717) is 11.0 Å². The third-order valence-electron chi connectivity index (χ3n) is 3.69. The van der Waals surface area contributed by atoms with Crippen molar-refractivity contribution in [3.8, 4) is 5.69 Å². The van der Waals surface area contributed by atoms with Crippen LogP contribution in [0.3, 0.4) is 0 Å². The molecule has 144 valence electrons. The quantitative estimate of drug-likeness (QED) is 0.482. The van der Waals surface area contributed by atoms with Crippen LogP contribution in [0.1, 0.15) is 11.4 Å². The van der Waals surface area contributed by atoms with Crippen molar-refractivity contribution in [1.82, 2.24) is 39.8 Å². The van der Waals surface area contributed by atoms with Crippen LogP contribution in [0, 0.1) is 0 Å². The predicted octanol–water partition coefficient (Wildman–Crippen LogP) is 1.29. The molecule has 0 bridgehead atoms. The summed E-state index contributed by atoms with van der Waals surface area (Å²) in [6.07, 6.45) is -4.48. The van der Waals surface area contributed by atoms with E-state index in [1.165, 1.54) is 27.3 Å². The van der Waals surface area contributed by atoms with Gasteiger partial charge < -0.3 is 5.73 Å². The number of H-pyrrole nitrogens is 1. The largest absolute Gasteiger partial charge is 0.416 e. The number of nitrogens with two attached hydrogens (primary N) is 1. The molecule has 3 aromatic heterocycles. The van der Waals surface area contributed by atoms with E-state index >= 15 is 0 Å². The number of nitrogens with zero attached hydrogens (tertiary/aromatic N) is 7. The van der Waals surface area contributed by atoms with Crippen LogP contribution in [-0.2, 0) is 11.9 Å². The molecular formula is C14H10F3N9OS.